The molecule has 0 aliphatic rings. The van der Waals surface area contributed by atoms with Gasteiger partial charge >= 0.3 is 5.78 Å². The summed E-state index contributed by atoms with van der Waals surface area (Å²) in [6.07, 6.45) is 5.85. The number of hydrogen-bond donors (Lipinski definition) is 0. The van der Waals surface area contributed by atoms with Gasteiger partial charge in [-0.15, -0.1) is 0 Å². The number of aryl methyl sites for hydroxylation is 2. The van der Waals surface area contributed by atoms with Gasteiger partial charge in [0.05, 0.1) is 13.2 Å². The molecule has 11 heavy (non-hydrogen) atoms. The van der Waals surface area contributed by atoms with Crippen molar-refractivity contribution in [2.24, 2.45) is 7.05 Å². The van der Waals surface area contributed by atoms with Crippen molar-refractivity contribution in [3.63, 3.8) is 0 Å². The van der Waals surface area contributed by atoms with Crippen molar-refractivity contribution in [2.45, 2.75) is 6.92 Å². The van der Waals surface area contributed by atoms with Gasteiger partial charge in [0.25, 0.3) is 0 Å². The number of nitrogens with zero attached hydrogens (tertiary/aromatic N) is 3. The highest BCUT2D eigenvalue weighted by atomic mass is 15.2. The lowest BCUT2D eigenvalue weighted by molar-refractivity contribution is -0.513. The molecule has 0 atom stereocenters. The largest absolute Gasteiger partial charge is 0.403 e. The average Bonchev–Trinajstić information content (AvgIpc) is 2.30. The first-order chi connectivity index (χ1) is 5.29. The summed E-state index contributed by atoms with van der Waals surface area (Å²) in [5, 5.41) is 0. The van der Waals surface area contributed by atoms with Crippen molar-refractivity contribution in [3.05, 3.63) is 30.4 Å². The topological polar surface area (TPSA) is 21.9 Å². The van der Waals surface area contributed by atoms with E-state index in [2.05, 4.69) is 22.7 Å². The van der Waals surface area contributed by atoms with E-state index in [1.54, 1.807) is 6.20 Å². The van der Waals surface area contributed by atoms with Gasteiger partial charge in [0.1, 0.15) is 18.1 Å². The van der Waals surface area contributed by atoms with E-state index in [-0.39, 0.29) is 0 Å². The van der Waals surface area contributed by atoms with Crippen molar-refractivity contribution < 1.29 is 4.40 Å². The lowest BCUT2D eigenvalue weighted by Crippen LogP contribution is -2.19. The molecule has 0 N–H and O–H groups in total. The minimum absolute atomic E-state index is 0.977. The smallest absolute Gasteiger partial charge is 0.232 e. The Hall–Kier alpha value is -1.38. The van der Waals surface area contributed by atoms with E-state index in [0.717, 1.165) is 5.78 Å². The molecule has 0 amide bonds. The van der Waals surface area contributed by atoms with Crippen LogP contribution in [-0.4, -0.2) is 9.55 Å². The highest BCUT2D eigenvalue weighted by Crippen LogP contribution is 1.96. The molecule has 0 saturated carbocycles. The Labute approximate surface area is 64.9 Å². The molecule has 3 heteroatoms. The summed E-state index contributed by atoms with van der Waals surface area (Å²) < 4.78 is 4.06. The van der Waals surface area contributed by atoms with E-state index >= 15 is 0 Å². The standard InChI is InChI=1S/C8H10N3/c1-7-6-11-5-3-4-9-8(11)10(7)2/h3-6H,1-2H3/q+1. The van der Waals surface area contributed by atoms with Crippen LogP contribution in [0, 0.1) is 6.92 Å². The van der Waals surface area contributed by atoms with Gasteiger partial charge in [-0.2, -0.15) is 0 Å². The predicted molar refractivity (Wildman–Crippen MR) is 41.1 cm³/mol. The molecule has 0 aromatic carbocycles. The third-order valence-electron chi connectivity index (χ3n) is 1.91. The van der Waals surface area contributed by atoms with Crippen LogP contribution in [0.4, 0.5) is 0 Å². The van der Waals surface area contributed by atoms with E-state index in [1.165, 1.54) is 5.69 Å². The molecular weight excluding hydrogens is 138 g/mol. The van der Waals surface area contributed by atoms with Gasteiger partial charge in [-0.05, 0) is 6.92 Å². The van der Waals surface area contributed by atoms with Gasteiger partial charge in [0.15, 0.2) is 0 Å². The molecule has 2 rings (SSSR count). The summed E-state index contributed by atoms with van der Waals surface area (Å²) in [7, 11) is 2.01. The third-order valence-corrected chi connectivity index (χ3v) is 1.91. The first-order valence-electron chi connectivity index (χ1n) is 3.57. The van der Waals surface area contributed by atoms with Crippen LogP contribution in [0.1, 0.15) is 5.69 Å². The Morgan fingerprint density at radius 3 is 3.09 bits per heavy atom. The first kappa shape index (κ1) is 6.34. The van der Waals surface area contributed by atoms with Crippen LogP contribution in [0.25, 0.3) is 5.78 Å². The molecule has 0 spiro atoms. The van der Waals surface area contributed by atoms with Gasteiger partial charge in [-0.3, -0.25) is 0 Å². The lowest BCUT2D eigenvalue weighted by atomic mass is 10.5. The molecule has 0 fully saturated rings. The summed E-state index contributed by atoms with van der Waals surface area (Å²) >= 11 is 0. The molecule has 2 aromatic rings. The molecule has 3 nitrogen and oxygen atoms in total. The Morgan fingerprint density at radius 2 is 2.36 bits per heavy atom. The number of imidazole rings is 1. The Kier molecular flexibility index (Phi) is 1.18. The van der Waals surface area contributed by atoms with Crippen molar-refractivity contribution in [3.8, 4) is 0 Å². The number of hydrogen-bond acceptors (Lipinski definition) is 1. The highest BCUT2D eigenvalue weighted by molar-refractivity contribution is 5.20. The summed E-state index contributed by atoms with van der Waals surface area (Å²) in [6.45, 7) is 2.06. The quantitative estimate of drug-likeness (QED) is 0.498. The van der Waals surface area contributed by atoms with E-state index in [0.29, 0.717) is 0 Å². The Bertz CT molecular complexity index is 389. The fourth-order valence-corrected chi connectivity index (χ4v) is 1.18. The van der Waals surface area contributed by atoms with E-state index < -0.39 is 0 Å². The predicted octanol–water partition coefficient (Wildman–Crippen LogP) is 0.467. The van der Waals surface area contributed by atoms with Gasteiger partial charge < -0.3 is 0 Å². The van der Waals surface area contributed by atoms with Crippen LogP contribution in [0.5, 0.6) is 0 Å². The number of aromatic nitrogens is 3. The second-order valence-electron chi connectivity index (χ2n) is 2.66. The van der Waals surface area contributed by atoms with E-state index in [9.17, 15) is 0 Å². The molecule has 2 heterocycles. The van der Waals surface area contributed by atoms with E-state index in [1.807, 2.05) is 23.7 Å². The summed E-state index contributed by atoms with van der Waals surface area (Å²) in [5.41, 5.74) is 1.21. The summed E-state index contributed by atoms with van der Waals surface area (Å²) in [4.78, 5) is 4.23. The zero-order valence-electron chi connectivity index (χ0n) is 6.65. The van der Waals surface area contributed by atoms with Crippen molar-refractivity contribution in [1.82, 2.24) is 9.55 Å². The van der Waals surface area contributed by atoms with Crippen molar-refractivity contribution in [1.29, 1.82) is 0 Å². The number of rotatable bonds is 0. The molecule has 56 valence electrons. The second kappa shape index (κ2) is 2.05. The zero-order valence-corrected chi connectivity index (χ0v) is 6.65. The van der Waals surface area contributed by atoms with Crippen LogP contribution < -0.4 is 4.40 Å². The highest BCUT2D eigenvalue weighted by Gasteiger charge is 2.08. The maximum absolute atomic E-state index is 4.23. The van der Waals surface area contributed by atoms with Gasteiger partial charge in [-0.1, -0.05) is 4.98 Å². The molecule has 2 aromatic heterocycles. The molecular formula is C8H10N3+. The summed E-state index contributed by atoms with van der Waals surface area (Å²) in [6, 6.07) is 1.92. The fourth-order valence-electron chi connectivity index (χ4n) is 1.18. The monoisotopic (exact) mass is 148 g/mol. The average molecular weight is 148 g/mol. The van der Waals surface area contributed by atoms with E-state index in [4.69, 9.17) is 0 Å². The summed E-state index contributed by atoms with van der Waals surface area (Å²) in [5.74, 6) is 0.977. The lowest BCUT2D eigenvalue weighted by Gasteiger charge is -1.84. The molecule has 0 bridgehead atoms. The molecule has 0 radical (unpaired) electrons. The normalized spacial score (nSPS) is 10.7. The maximum Gasteiger partial charge on any atom is 0.403 e. The maximum atomic E-state index is 4.23. The van der Waals surface area contributed by atoms with Crippen LogP contribution >= 0.6 is 0 Å². The molecule has 0 saturated heterocycles. The molecule has 0 aliphatic heterocycles. The zero-order chi connectivity index (χ0) is 7.84. The molecule has 0 unspecified atom stereocenters. The fraction of sp³-hybridized carbons (Fsp3) is 0.250. The first-order valence-corrected chi connectivity index (χ1v) is 3.57. The van der Waals surface area contributed by atoms with Crippen LogP contribution in [-0.2, 0) is 7.05 Å². The SMILES string of the molecule is Cc1c[n+]2cccnc2n1C. The second-order valence-corrected chi connectivity index (χ2v) is 2.66. The van der Waals surface area contributed by atoms with Crippen molar-refractivity contribution in [2.75, 3.05) is 0 Å². The Morgan fingerprint density at radius 1 is 1.55 bits per heavy atom. The van der Waals surface area contributed by atoms with Crippen LogP contribution in [0.15, 0.2) is 24.7 Å². The van der Waals surface area contributed by atoms with Crippen LogP contribution in [0.2, 0.25) is 0 Å². The third kappa shape index (κ3) is 0.808. The molecule has 0 aliphatic carbocycles. The van der Waals surface area contributed by atoms with Gasteiger partial charge in [-0.25, -0.2) is 8.97 Å². The number of fused-ring (bicyclic) bond motifs is 1. The Balaban J connectivity index is 2.92. The van der Waals surface area contributed by atoms with Crippen molar-refractivity contribution >= 4 is 5.78 Å². The minimum atomic E-state index is 0.977. The van der Waals surface area contributed by atoms with Gasteiger partial charge in [0, 0.05) is 6.07 Å². The van der Waals surface area contributed by atoms with Gasteiger partial charge in [0.2, 0.25) is 0 Å². The van der Waals surface area contributed by atoms with Crippen LogP contribution in [0.3, 0.4) is 0 Å². The minimum Gasteiger partial charge on any atom is -0.232 e.